The highest BCUT2D eigenvalue weighted by Crippen LogP contribution is 1.81. The van der Waals surface area contributed by atoms with E-state index >= 15 is 0 Å². The number of rotatable bonds is 0. The molecule has 0 saturated heterocycles. The Morgan fingerprint density at radius 3 is 2.55 bits per heavy atom. The van der Waals surface area contributed by atoms with Gasteiger partial charge >= 0.3 is 0 Å². The first-order chi connectivity index (χ1) is 5.39. The summed E-state index contributed by atoms with van der Waals surface area (Å²) in [5.41, 5.74) is 0.904. The molecule has 11 heavy (non-hydrogen) atoms. The lowest BCUT2D eigenvalue weighted by atomic mass is 10.5. The summed E-state index contributed by atoms with van der Waals surface area (Å²) < 4.78 is 0. The van der Waals surface area contributed by atoms with Crippen molar-refractivity contribution in [3.05, 3.63) is 48.5 Å². The second-order valence-electron chi connectivity index (χ2n) is 2.12. The molecule has 0 spiro atoms. The molecule has 0 aromatic carbocycles. The number of aromatic nitrogens is 2. The predicted octanol–water partition coefficient (Wildman–Crippen LogP) is 1.91. The van der Waals surface area contributed by atoms with Crippen LogP contribution in [0.1, 0.15) is 5.69 Å². The molecule has 2 heteroatoms. The minimum Gasteiger partial charge on any atom is -0.263 e. The van der Waals surface area contributed by atoms with Gasteiger partial charge in [-0.2, -0.15) is 0 Å². The van der Waals surface area contributed by atoms with Crippen molar-refractivity contribution in [3.63, 3.8) is 0 Å². The lowest BCUT2D eigenvalue weighted by molar-refractivity contribution is 1.17. The molecule has 1 rings (SSSR count). The molecule has 0 aliphatic rings. The van der Waals surface area contributed by atoms with E-state index < -0.39 is 0 Å². The first-order valence-corrected chi connectivity index (χ1v) is 3.45. The topological polar surface area (TPSA) is 25.8 Å². The maximum absolute atomic E-state index is 4.09. The fourth-order valence-corrected chi connectivity index (χ4v) is 0.622. The molecular weight excluding hydrogens is 136 g/mol. The summed E-state index contributed by atoms with van der Waals surface area (Å²) in [6.07, 6.45) is 5.20. The summed E-state index contributed by atoms with van der Waals surface area (Å²) in [6, 6.07) is 7.57. The van der Waals surface area contributed by atoms with Gasteiger partial charge in [0.05, 0.1) is 5.69 Å². The zero-order valence-electron chi connectivity index (χ0n) is 6.44. The van der Waals surface area contributed by atoms with Crippen LogP contribution in [0, 0.1) is 6.92 Å². The standard InChI is InChI=1S/C9H10N2/c1-9-8-10-6-4-2-3-5-7-11-9/h2-8H,1H3. The predicted molar refractivity (Wildman–Crippen MR) is 44.4 cm³/mol. The van der Waals surface area contributed by atoms with Crippen molar-refractivity contribution in [3.8, 4) is 0 Å². The quantitative estimate of drug-likeness (QED) is 0.558. The molecule has 0 bridgehead atoms. The summed E-state index contributed by atoms with van der Waals surface area (Å²) in [6.45, 7) is 1.91. The number of hydrogen-bond donors (Lipinski definition) is 0. The van der Waals surface area contributed by atoms with Gasteiger partial charge in [0.2, 0.25) is 0 Å². The molecular formula is C9H10N2. The fraction of sp³-hybridized carbons (Fsp3) is 0.111. The van der Waals surface area contributed by atoms with E-state index in [9.17, 15) is 0 Å². The Hall–Kier alpha value is -1.44. The van der Waals surface area contributed by atoms with E-state index in [0.29, 0.717) is 0 Å². The van der Waals surface area contributed by atoms with Crippen molar-refractivity contribution < 1.29 is 0 Å². The monoisotopic (exact) mass is 146 g/mol. The Morgan fingerprint density at radius 1 is 1.00 bits per heavy atom. The third-order valence-corrected chi connectivity index (χ3v) is 1.13. The van der Waals surface area contributed by atoms with Crippen LogP contribution in [0.25, 0.3) is 0 Å². The van der Waals surface area contributed by atoms with Crippen LogP contribution in [-0.4, -0.2) is 9.97 Å². The second kappa shape index (κ2) is 4.39. The second-order valence-corrected chi connectivity index (χ2v) is 2.12. The Kier molecular flexibility index (Phi) is 3.06. The molecule has 0 unspecified atom stereocenters. The summed E-state index contributed by atoms with van der Waals surface area (Å²) in [4.78, 5) is 8.08. The van der Waals surface area contributed by atoms with Gasteiger partial charge < -0.3 is 0 Å². The summed E-state index contributed by atoms with van der Waals surface area (Å²) in [7, 11) is 0. The molecule has 1 aromatic heterocycles. The summed E-state index contributed by atoms with van der Waals surface area (Å²) in [5.74, 6) is 0. The van der Waals surface area contributed by atoms with Gasteiger partial charge in [-0.1, -0.05) is 12.1 Å². The van der Waals surface area contributed by atoms with Crippen LogP contribution >= 0.6 is 0 Å². The summed E-state index contributed by atoms with van der Waals surface area (Å²) in [5, 5.41) is 0. The van der Waals surface area contributed by atoms with Crippen LogP contribution in [0.5, 0.6) is 0 Å². The lowest BCUT2D eigenvalue weighted by Crippen LogP contribution is -1.73. The van der Waals surface area contributed by atoms with Gasteiger partial charge in [-0.3, -0.25) is 9.97 Å². The van der Waals surface area contributed by atoms with Crippen LogP contribution in [0.3, 0.4) is 0 Å². The SMILES string of the molecule is Cc1cnccccccn1. The zero-order chi connectivity index (χ0) is 7.94. The molecule has 1 heterocycles. The number of aryl methyl sites for hydroxylation is 1. The smallest absolute Gasteiger partial charge is 0.0555 e. The average molecular weight is 146 g/mol. The van der Waals surface area contributed by atoms with Crippen LogP contribution in [-0.2, 0) is 0 Å². The Labute approximate surface area is 66.3 Å². The minimum absolute atomic E-state index is 0.904. The lowest BCUT2D eigenvalue weighted by Gasteiger charge is -1.79. The van der Waals surface area contributed by atoms with E-state index in [1.165, 1.54) is 0 Å². The maximum atomic E-state index is 4.09. The van der Waals surface area contributed by atoms with Crippen molar-refractivity contribution in [1.82, 2.24) is 9.97 Å². The Bertz CT molecular complexity index is 245. The molecule has 2 nitrogen and oxygen atoms in total. The minimum atomic E-state index is 0.904. The van der Waals surface area contributed by atoms with E-state index in [-0.39, 0.29) is 0 Å². The molecule has 0 saturated carbocycles. The van der Waals surface area contributed by atoms with E-state index in [4.69, 9.17) is 0 Å². The van der Waals surface area contributed by atoms with Gasteiger partial charge in [0.1, 0.15) is 0 Å². The van der Waals surface area contributed by atoms with Gasteiger partial charge in [-0.15, -0.1) is 0 Å². The Balaban J connectivity index is 3.11. The van der Waals surface area contributed by atoms with Crippen molar-refractivity contribution in [1.29, 1.82) is 0 Å². The largest absolute Gasteiger partial charge is 0.263 e. The van der Waals surface area contributed by atoms with Crippen molar-refractivity contribution in [2.45, 2.75) is 6.92 Å². The molecule has 1 aromatic rings. The normalized spacial score (nSPS) is 8.45. The van der Waals surface area contributed by atoms with E-state index in [0.717, 1.165) is 5.69 Å². The van der Waals surface area contributed by atoms with Crippen LogP contribution < -0.4 is 0 Å². The van der Waals surface area contributed by atoms with Crippen molar-refractivity contribution in [2.75, 3.05) is 0 Å². The zero-order valence-corrected chi connectivity index (χ0v) is 6.44. The summed E-state index contributed by atoms with van der Waals surface area (Å²) >= 11 is 0. The van der Waals surface area contributed by atoms with E-state index in [1.54, 1.807) is 18.6 Å². The molecule has 0 aliphatic carbocycles. The van der Waals surface area contributed by atoms with Crippen LogP contribution in [0.15, 0.2) is 42.9 Å². The first-order valence-electron chi connectivity index (χ1n) is 3.45. The van der Waals surface area contributed by atoms with Crippen LogP contribution in [0.2, 0.25) is 0 Å². The first kappa shape index (κ1) is 7.66. The molecule has 0 atom stereocenters. The third kappa shape index (κ3) is 3.30. The number of hydrogen-bond acceptors (Lipinski definition) is 2. The van der Waals surface area contributed by atoms with Gasteiger partial charge in [0, 0.05) is 18.6 Å². The van der Waals surface area contributed by atoms with E-state index in [1.807, 2.05) is 31.2 Å². The number of nitrogens with zero attached hydrogens (tertiary/aromatic N) is 2. The van der Waals surface area contributed by atoms with Gasteiger partial charge in [0.15, 0.2) is 0 Å². The molecule has 0 N–H and O–H groups in total. The molecule has 56 valence electrons. The highest BCUT2D eigenvalue weighted by molar-refractivity contribution is 4.92. The van der Waals surface area contributed by atoms with E-state index in [2.05, 4.69) is 9.97 Å². The fourth-order valence-electron chi connectivity index (χ4n) is 0.622. The highest BCUT2D eigenvalue weighted by atomic mass is 14.7. The van der Waals surface area contributed by atoms with Gasteiger partial charge in [-0.05, 0) is 19.1 Å². The third-order valence-electron chi connectivity index (χ3n) is 1.13. The van der Waals surface area contributed by atoms with Crippen molar-refractivity contribution >= 4 is 0 Å². The van der Waals surface area contributed by atoms with Gasteiger partial charge in [-0.25, -0.2) is 0 Å². The molecule has 0 amide bonds. The maximum Gasteiger partial charge on any atom is 0.0555 e. The van der Waals surface area contributed by atoms with Gasteiger partial charge in [0.25, 0.3) is 0 Å². The van der Waals surface area contributed by atoms with Crippen molar-refractivity contribution in [2.24, 2.45) is 0 Å². The average Bonchev–Trinajstić information content (AvgIpc) is 2.03. The molecule has 0 fully saturated rings. The van der Waals surface area contributed by atoms with Crippen LogP contribution in [0.4, 0.5) is 0 Å². The highest BCUT2D eigenvalue weighted by Gasteiger charge is 1.71. The Morgan fingerprint density at radius 2 is 1.73 bits per heavy atom. The molecule has 0 aliphatic heterocycles. The molecule has 0 radical (unpaired) electrons.